The summed E-state index contributed by atoms with van der Waals surface area (Å²) in [5.74, 6) is 0.366. The third-order valence-corrected chi connectivity index (χ3v) is 20.6. The molecule has 0 aromatic heterocycles. The van der Waals surface area contributed by atoms with Gasteiger partial charge in [-0.1, -0.05) is 110 Å². The Balaban J connectivity index is 1.32. The molecule has 7 rings (SSSR count). The number of aliphatic hydroxyl groups is 1. The molecule has 1 N–H and O–H groups in total. The largest absolute Gasteiger partial charge is 0.463 e. The Morgan fingerprint density at radius 2 is 1.35 bits per heavy atom. The second-order valence-electron chi connectivity index (χ2n) is 28.3. The topological polar surface area (TPSA) is 125 Å². The van der Waals surface area contributed by atoms with E-state index in [9.17, 15) is 9.90 Å². The van der Waals surface area contributed by atoms with Crippen LogP contribution in [0.5, 0.6) is 0 Å². The summed E-state index contributed by atoms with van der Waals surface area (Å²) in [6.07, 6.45) is 12.2. The molecule has 1 aliphatic heterocycles. The highest BCUT2D eigenvalue weighted by Crippen LogP contribution is 2.63. The van der Waals surface area contributed by atoms with Crippen molar-refractivity contribution in [2.45, 2.75) is 243 Å². The molecular formula is C57H96O9. The van der Waals surface area contributed by atoms with Gasteiger partial charge in [0.1, 0.15) is 11.2 Å². The molecule has 66 heavy (non-hydrogen) atoms. The Kier molecular flexibility index (Phi) is 14.7. The number of cyclic esters (lactones) is 1. The van der Waals surface area contributed by atoms with Crippen molar-refractivity contribution in [3.63, 3.8) is 0 Å². The van der Waals surface area contributed by atoms with Crippen LogP contribution >= 0.6 is 0 Å². The molecule has 6 saturated carbocycles. The van der Waals surface area contributed by atoms with Crippen LogP contribution in [0.25, 0.3) is 0 Å². The van der Waals surface area contributed by atoms with E-state index < -0.39 is 73.8 Å². The zero-order valence-electron chi connectivity index (χ0n) is 45.0. The maximum absolute atomic E-state index is 15.3. The Morgan fingerprint density at radius 3 is 1.85 bits per heavy atom. The number of rotatable bonds is 17. The van der Waals surface area contributed by atoms with Crippen molar-refractivity contribution < 1.29 is 43.2 Å². The maximum Gasteiger partial charge on any atom is 0.347 e. The second-order valence-corrected chi connectivity index (χ2v) is 28.3. The molecule has 6 bridgehead atoms. The van der Waals surface area contributed by atoms with Gasteiger partial charge in [-0.2, -0.15) is 0 Å². The van der Waals surface area contributed by atoms with Crippen molar-refractivity contribution in [2.75, 3.05) is 6.61 Å². The first-order valence-electron chi connectivity index (χ1n) is 26.7. The molecule has 0 amide bonds. The van der Waals surface area contributed by atoms with Gasteiger partial charge in [-0.05, 0) is 166 Å². The maximum atomic E-state index is 15.3. The minimum atomic E-state index is -0.967. The third-order valence-electron chi connectivity index (χ3n) is 20.6. The smallest absolute Gasteiger partial charge is 0.347 e. The van der Waals surface area contributed by atoms with E-state index in [1.165, 1.54) is 6.42 Å². The van der Waals surface area contributed by atoms with Crippen molar-refractivity contribution in [1.82, 2.24) is 0 Å². The second kappa shape index (κ2) is 18.2. The molecule has 0 spiro atoms. The van der Waals surface area contributed by atoms with E-state index in [4.69, 9.17) is 18.9 Å². The Hall–Kier alpha value is -2.16. The van der Waals surface area contributed by atoms with E-state index in [2.05, 4.69) is 111 Å². The van der Waals surface area contributed by atoms with Gasteiger partial charge in [0.15, 0.2) is 0 Å². The highest BCUT2D eigenvalue weighted by atomic mass is 16.6. The predicted octanol–water partition coefficient (Wildman–Crippen LogP) is 12.9. The summed E-state index contributed by atoms with van der Waals surface area (Å²) in [5, 5.41) is 11.5. The molecule has 9 heteroatoms. The first-order chi connectivity index (χ1) is 30.1. The number of esters is 4. The first-order valence-corrected chi connectivity index (χ1v) is 26.7. The number of hydrogen-bond acceptors (Lipinski definition) is 9. The lowest BCUT2D eigenvalue weighted by molar-refractivity contribution is -0.221. The average Bonchev–Trinajstić information content (AvgIpc) is 3.58. The first kappa shape index (κ1) is 53.2. The SMILES string of the molecule is CCC1CC2CC(C)(O)CC(OC(=O)C(CC(C)(CC)C(C)(C)C(CC(C)C(C)(C)C(C)(CC(C)(C)C)C(=O)OC3(C)C4CC5CC(C4)CC3C5)C(=O)OC3CCOC3=O)C(C)(C)C)(C1)C2. The summed E-state index contributed by atoms with van der Waals surface area (Å²) in [7, 11) is 0. The van der Waals surface area contributed by atoms with Crippen LogP contribution in [0.15, 0.2) is 0 Å². The van der Waals surface area contributed by atoms with E-state index >= 15 is 14.4 Å². The van der Waals surface area contributed by atoms with Gasteiger partial charge >= 0.3 is 23.9 Å². The number of carbonyl (C=O) groups excluding carboxylic acids is 4. The minimum Gasteiger partial charge on any atom is -0.463 e. The molecule has 10 unspecified atom stereocenters. The molecule has 9 nitrogen and oxygen atoms in total. The monoisotopic (exact) mass is 925 g/mol. The molecule has 6 aliphatic carbocycles. The zero-order valence-corrected chi connectivity index (χ0v) is 45.0. The summed E-state index contributed by atoms with van der Waals surface area (Å²) in [5.41, 5.74) is -5.65. The fraction of sp³-hybridized carbons (Fsp3) is 0.930. The van der Waals surface area contributed by atoms with Crippen molar-refractivity contribution >= 4 is 23.9 Å². The molecule has 10 atom stereocenters. The fourth-order valence-electron chi connectivity index (χ4n) is 15.6. The predicted molar refractivity (Wildman–Crippen MR) is 260 cm³/mol. The summed E-state index contributed by atoms with van der Waals surface area (Å²) in [6, 6.07) is 0. The molecule has 1 saturated heterocycles. The molecule has 0 aromatic rings. The van der Waals surface area contributed by atoms with Gasteiger partial charge in [0.05, 0.1) is 29.5 Å². The van der Waals surface area contributed by atoms with E-state index in [1.807, 2.05) is 6.92 Å². The number of hydrogen-bond donors (Lipinski definition) is 1. The molecule has 0 aromatic carbocycles. The van der Waals surface area contributed by atoms with Crippen LogP contribution in [0.4, 0.5) is 0 Å². The van der Waals surface area contributed by atoms with E-state index in [1.54, 1.807) is 0 Å². The van der Waals surface area contributed by atoms with Gasteiger partial charge < -0.3 is 24.1 Å². The van der Waals surface area contributed by atoms with Crippen LogP contribution in [-0.4, -0.2) is 58.5 Å². The number of carbonyl (C=O) groups is 4. The molecule has 1 heterocycles. The zero-order chi connectivity index (χ0) is 49.4. The Labute approximate surface area is 401 Å². The molecular weight excluding hydrogens is 829 g/mol. The summed E-state index contributed by atoms with van der Waals surface area (Å²) in [6.45, 7) is 36.8. The average molecular weight is 925 g/mol. The summed E-state index contributed by atoms with van der Waals surface area (Å²) >= 11 is 0. The normalized spacial score (nSPS) is 36.6. The van der Waals surface area contributed by atoms with Gasteiger partial charge in [-0.15, -0.1) is 0 Å². The van der Waals surface area contributed by atoms with Gasteiger partial charge in [-0.25, -0.2) is 4.79 Å². The molecule has 7 fully saturated rings. The van der Waals surface area contributed by atoms with Gasteiger partial charge in [0, 0.05) is 12.8 Å². The minimum absolute atomic E-state index is 0.130. The lowest BCUT2D eigenvalue weighted by Gasteiger charge is -2.60. The Bertz CT molecular complexity index is 1770. The van der Waals surface area contributed by atoms with Gasteiger partial charge in [-0.3, -0.25) is 14.4 Å². The van der Waals surface area contributed by atoms with E-state index in [-0.39, 0.29) is 29.9 Å². The van der Waals surface area contributed by atoms with Gasteiger partial charge in [0.25, 0.3) is 0 Å². The quantitative estimate of drug-likeness (QED) is 0.112. The van der Waals surface area contributed by atoms with Crippen LogP contribution in [0.3, 0.4) is 0 Å². The summed E-state index contributed by atoms with van der Waals surface area (Å²) in [4.78, 5) is 58.2. The molecule has 7 aliphatic rings. The highest BCUT2D eigenvalue weighted by molar-refractivity contribution is 5.82. The fourth-order valence-corrected chi connectivity index (χ4v) is 15.6. The standard InChI is InChI=1S/C57H96O9/c1-18-36-23-39-29-54(15,62)34-57(30-36,31-39)65-46(59)43(50(7,8)9)32-53(14,19-2)52(12,13)42(45(58)64-44-20-21-63-47(44)60)22-35(3)51(10,11)55(16,33-49(4,5)6)48(61)66-56(17)40-25-37-24-38(27-40)28-41(56)26-37/h35-44,62H,18-34H2,1-17H3. The van der Waals surface area contributed by atoms with Crippen LogP contribution in [0, 0.1) is 85.8 Å². The van der Waals surface area contributed by atoms with Crippen LogP contribution in [0.1, 0.15) is 220 Å². The Morgan fingerprint density at radius 1 is 0.758 bits per heavy atom. The highest BCUT2D eigenvalue weighted by Gasteiger charge is 2.62. The van der Waals surface area contributed by atoms with Crippen molar-refractivity contribution in [3.8, 4) is 0 Å². The van der Waals surface area contributed by atoms with Gasteiger partial charge in [0.2, 0.25) is 6.10 Å². The lowest BCUT2D eigenvalue weighted by atomic mass is 9.49. The number of fused-ring (bicyclic) bond motifs is 2. The lowest BCUT2D eigenvalue weighted by Crippen LogP contribution is -2.60. The van der Waals surface area contributed by atoms with E-state index in [0.29, 0.717) is 62.2 Å². The van der Waals surface area contributed by atoms with Crippen molar-refractivity contribution in [2.24, 2.45) is 85.8 Å². The van der Waals surface area contributed by atoms with E-state index in [0.717, 1.165) is 69.6 Å². The molecule has 378 valence electrons. The molecule has 0 radical (unpaired) electrons. The van der Waals surface area contributed by atoms with Crippen LogP contribution in [0.2, 0.25) is 0 Å². The summed E-state index contributed by atoms with van der Waals surface area (Å²) < 4.78 is 25.3. The number of ether oxygens (including phenoxy) is 4. The van der Waals surface area contributed by atoms with Crippen molar-refractivity contribution in [1.29, 1.82) is 0 Å². The van der Waals surface area contributed by atoms with Crippen molar-refractivity contribution in [3.05, 3.63) is 0 Å². The van der Waals surface area contributed by atoms with Crippen LogP contribution < -0.4 is 0 Å². The van der Waals surface area contributed by atoms with Crippen LogP contribution in [-0.2, 0) is 38.1 Å². The third kappa shape index (κ3) is 10.3.